The molecule has 0 aliphatic rings. The maximum Gasteiger partial charge on any atom is 0.189 e. The molecular formula is C9H19NO3. The zero-order valence-electron chi connectivity index (χ0n) is 8.76. The average Bonchev–Trinajstić information content (AvgIpc) is 1.98. The van der Waals surface area contributed by atoms with Crippen molar-refractivity contribution in [2.45, 2.75) is 45.4 Å². The van der Waals surface area contributed by atoms with E-state index in [2.05, 4.69) is 0 Å². The van der Waals surface area contributed by atoms with Crippen molar-refractivity contribution >= 4 is 5.78 Å². The summed E-state index contributed by atoms with van der Waals surface area (Å²) in [6.45, 7) is 6.28. The van der Waals surface area contributed by atoms with Crippen molar-refractivity contribution in [3.63, 3.8) is 0 Å². The Bertz CT molecular complexity index is 182. The van der Waals surface area contributed by atoms with Gasteiger partial charge in [-0.1, -0.05) is 6.92 Å². The van der Waals surface area contributed by atoms with Gasteiger partial charge in [0.05, 0.1) is 0 Å². The number of aliphatic hydroxyl groups is 1. The maximum atomic E-state index is 11.2. The van der Waals surface area contributed by atoms with Crippen LogP contribution in [0.15, 0.2) is 0 Å². The van der Waals surface area contributed by atoms with Crippen molar-refractivity contribution in [3.8, 4) is 0 Å². The second-order valence-electron chi connectivity index (χ2n) is 3.94. The summed E-state index contributed by atoms with van der Waals surface area (Å²) in [6.07, 6.45) is 0.617. The third-order valence-electron chi connectivity index (χ3n) is 1.92. The van der Waals surface area contributed by atoms with Crippen LogP contribution in [0.5, 0.6) is 0 Å². The van der Waals surface area contributed by atoms with E-state index in [1.54, 1.807) is 6.92 Å². The molecule has 0 amide bonds. The molecule has 78 valence electrons. The van der Waals surface area contributed by atoms with Crippen LogP contribution in [0.2, 0.25) is 0 Å². The van der Waals surface area contributed by atoms with E-state index in [4.69, 9.17) is 10.5 Å². The number of hydrogen-bond acceptors (Lipinski definition) is 4. The van der Waals surface area contributed by atoms with E-state index in [9.17, 15) is 9.90 Å². The van der Waals surface area contributed by atoms with Crippen LogP contribution in [0.1, 0.15) is 34.1 Å². The fraction of sp³-hybridized carbons (Fsp3) is 0.889. The summed E-state index contributed by atoms with van der Waals surface area (Å²) < 4.78 is 5.14. The number of carbonyl (C=O) groups excluding carboxylic acids is 1. The Morgan fingerprint density at radius 3 is 2.23 bits per heavy atom. The fourth-order valence-corrected chi connectivity index (χ4v) is 0.509. The molecule has 0 spiro atoms. The van der Waals surface area contributed by atoms with Crippen molar-refractivity contribution in [2.75, 3.05) is 6.61 Å². The third-order valence-corrected chi connectivity index (χ3v) is 1.92. The Hall–Kier alpha value is -0.450. The molecule has 0 radical (unpaired) electrons. The van der Waals surface area contributed by atoms with E-state index in [-0.39, 0.29) is 12.4 Å². The lowest BCUT2D eigenvalue weighted by molar-refractivity contribution is -0.145. The topological polar surface area (TPSA) is 72.5 Å². The van der Waals surface area contributed by atoms with E-state index in [1.165, 1.54) is 13.8 Å². The van der Waals surface area contributed by atoms with Crippen molar-refractivity contribution in [1.82, 2.24) is 0 Å². The van der Waals surface area contributed by atoms with Gasteiger partial charge in [0.15, 0.2) is 5.78 Å². The van der Waals surface area contributed by atoms with Gasteiger partial charge in [-0.05, 0) is 27.2 Å². The zero-order chi connectivity index (χ0) is 10.7. The molecule has 1 unspecified atom stereocenters. The molecule has 0 saturated heterocycles. The molecule has 0 rings (SSSR count). The summed E-state index contributed by atoms with van der Waals surface area (Å²) in [6, 6.07) is 0. The quantitative estimate of drug-likeness (QED) is 0.615. The summed E-state index contributed by atoms with van der Waals surface area (Å²) in [5.74, 6) is -0.363. The molecule has 0 fully saturated rings. The SMILES string of the molecule is CCC(C)(N)OCC(=O)C(C)(C)O. The van der Waals surface area contributed by atoms with Crippen molar-refractivity contribution in [3.05, 3.63) is 0 Å². The van der Waals surface area contributed by atoms with Crippen molar-refractivity contribution < 1.29 is 14.6 Å². The van der Waals surface area contributed by atoms with Crippen molar-refractivity contribution in [2.24, 2.45) is 5.73 Å². The molecule has 3 N–H and O–H groups in total. The number of ketones is 1. The number of ether oxygens (including phenoxy) is 1. The normalized spacial score (nSPS) is 16.8. The Kier molecular flexibility index (Phi) is 4.03. The van der Waals surface area contributed by atoms with Gasteiger partial charge in [-0.25, -0.2) is 0 Å². The molecule has 0 bridgehead atoms. The van der Waals surface area contributed by atoms with Gasteiger partial charge >= 0.3 is 0 Å². The highest BCUT2D eigenvalue weighted by molar-refractivity contribution is 5.87. The molecule has 1 atom stereocenters. The molecule has 4 nitrogen and oxygen atoms in total. The van der Waals surface area contributed by atoms with Crippen LogP contribution in [0.25, 0.3) is 0 Å². The summed E-state index contributed by atoms with van der Waals surface area (Å²) in [5.41, 5.74) is 3.52. The van der Waals surface area contributed by atoms with Gasteiger partial charge in [0, 0.05) is 0 Å². The molecule has 0 aliphatic carbocycles. The number of carbonyl (C=O) groups is 1. The summed E-state index contributed by atoms with van der Waals surface area (Å²) in [5, 5.41) is 9.29. The zero-order valence-corrected chi connectivity index (χ0v) is 8.76. The smallest absolute Gasteiger partial charge is 0.189 e. The lowest BCUT2D eigenvalue weighted by atomic mass is 10.1. The van der Waals surface area contributed by atoms with Gasteiger partial charge in [-0.2, -0.15) is 0 Å². The van der Waals surface area contributed by atoms with Crippen LogP contribution in [0, 0.1) is 0 Å². The average molecular weight is 189 g/mol. The second kappa shape index (κ2) is 4.17. The molecule has 0 aromatic carbocycles. The Morgan fingerprint density at radius 2 is 1.92 bits per heavy atom. The standard InChI is InChI=1S/C9H19NO3/c1-5-9(4,10)13-6-7(11)8(2,3)12/h12H,5-6,10H2,1-4H3. The highest BCUT2D eigenvalue weighted by atomic mass is 16.5. The van der Waals surface area contributed by atoms with Crippen LogP contribution >= 0.6 is 0 Å². The molecule has 0 aromatic rings. The van der Waals surface area contributed by atoms with E-state index < -0.39 is 11.3 Å². The predicted octanol–water partition coefficient (Wildman–Crippen LogP) is 0.428. The summed E-state index contributed by atoms with van der Waals surface area (Å²) in [7, 11) is 0. The molecule has 0 aromatic heterocycles. The highest BCUT2D eigenvalue weighted by Gasteiger charge is 2.26. The number of rotatable bonds is 5. The van der Waals surface area contributed by atoms with Gasteiger partial charge in [0.1, 0.15) is 17.9 Å². The van der Waals surface area contributed by atoms with Gasteiger partial charge in [0.25, 0.3) is 0 Å². The lowest BCUT2D eigenvalue weighted by Crippen LogP contribution is -2.43. The first-order valence-corrected chi connectivity index (χ1v) is 4.37. The van der Waals surface area contributed by atoms with Crippen molar-refractivity contribution in [1.29, 1.82) is 0 Å². The van der Waals surface area contributed by atoms with E-state index in [0.29, 0.717) is 6.42 Å². The minimum Gasteiger partial charge on any atom is -0.383 e. The number of nitrogens with two attached hydrogens (primary N) is 1. The van der Waals surface area contributed by atoms with Crippen LogP contribution in [-0.4, -0.2) is 28.8 Å². The Morgan fingerprint density at radius 1 is 1.46 bits per heavy atom. The number of Topliss-reactive ketones (excluding diaryl/α,β-unsaturated/α-hetero) is 1. The maximum absolute atomic E-state index is 11.2. The minimum absolute atomic E-state index is 0.148. The Balaban J connectivity index is 3.98. The van der Waals surface area contributed by atoms with E-state index >= 15 is 0 Å². The first-order chi connectivity index (χ1) is 5.69. The molecule has 13 heavy (non-hydrogen) atoms. The molecule has 0 aliphatic heterocycles. The lowest BCUT2D eigenvalue weighted by Gasteiger charge is -2.24. The van der Waals surface area contributed by atoms with Gasteiger partial charge in [-0.3, -0.25) is 4.79 Å². The molecule has 4 heteroatoms. The van der Waals surface area contributed by atoms with Crippen LogP contribution in [-0.2, 0) is 9.53 Å². The number of hydrogen-bond donors (Lipinski definition) is 2. The highest BCUT2D eigenvalue weighted by Crippen LogP contribution is 2.09. The fourth-order valence-electron chi connectivity index (χ4n) is 0.509. The van der Waals surface area contributed by atoms with Crippen LogP contribution in [0.4, 0.5) is 0 Å². The third kappa shape index (κ3) is 4.98. The molecule has 0 heterocycles. The monoisotopic (exact) mass is 189 g/mol. The summed E-state index contributed by atoms with van der Waals surface area (Å²) >= 11 is 0. The second-order valence-corrected chi connectivity index (χ2v) is 3.94. The minimum atomic E-state index is -1.34. The summed E-state index contributed by atoms with van der Waals surface area (Å²) in [4.78, 5) is 11.2. The first kappa shape index (κ1) is 12.6. The Labute approximate surface area is 79.1 Å². The van der Waals surface area contributed by atoms with E-state index in [0.717, 1.165) is 0 Å². The largest absolute Gasteiger partial charge is 0.383 e. The van der Waals surface area contributed by atoms with Gasteiger partial charge in [-0.15, -0.1) is 0 Å². The van der Waals surface area contributed by atoms with Crippen LogP contribution in [0.3, 0.4) is 0 Å². The first-order valence-electron chi connectivity index (χ1n) is 4.37. The predicted molar refractivity (Wildman–Crippen MR) is 50.1 cm³/mol. The van der Waals surface area contributed by atoms with Gasteiger partial charge < -0.3 is 15.6 Å². The van der Waals surface area contributed by atoms with Crippen LogP contribution < -0.4 is 5.73 Å². The van der Waals surface area contributed by atoms with E-state index in [1.807, 2.05) is 6.92 Å². The molecule has 0 saturated carbocycles. The van der Waals surface area contributed by atoms with Gasteiger partial charge in [0.2, 0.25) is 0 Å². The molecular weight excluding hydrogens is 170 g/mol.